The molecule has 108 valence electrons. The van der Waals surface area contributed by atoms with Crippen LogP contribution in [0.25, 0.3) is 0 Å². The molecule has 0 unspecified atom stereocenters. The van der Waals surface area contributed by atoms with Crippen LogP contribution in [0.3, 0.4) is 0 Å². The van der Waals surface area contributed by atoms with Gasteiger partial charge in [-0.3, -0.25) is 4.79 Å². The highest BCUT2D eigenvalue weighted by Gasteiger charge is 2.23. The highest BCUT2D eigenvalue weighted by molar-refractivity contribution is 5.76. The molecule has 20 heavy (non-hydrogen) atoms. The zero-order valence-corrected chi connectivity index (χ0v) is 12.0. The number of carbonyl (C=O) groups excluding carboxylic acids is 1. The van der Waals surface area contributed by atoms with Crippen molar-refractivity contribution in [3.8, 4) is 0 Å². The van der Waals surface area contributed by atoms with Gasteiger partial charge >= 0.3 is 0 Å². The second kappa shape index (κ2) is 7.85. The van der Waals surface area contributed by atoms with E-state index < -0.39 is 0 Å². The smallest absolute Gasteiger partial charge is 0.222 e. The number of hydrogen-bond donors (Lipinski definition) is 0. The lowest BCUT2D eigenvalue weighted by molar-refractivity contribution is -0.135. The Balaban J connectivity index is 1.78. The van der Waals surface area contributed by atoms with Crippen LogP contribution in [0.4, 0.5) is 0 Å². The van der Waals surface area contributed by atoms with E-state index in [1.165, 1.54) is 5.56 Å². The van der Waals surface area contributed by atoms with E-state index in [0.29, 0.717) is 13.0 Å². The molecule has 1 aliphatic rings. The van der Waals surface area contributed by atoms with Crippen LogP contribution < -0.4 is 0 Å². The van der Waals surface area contributed by atoms with Gasteiger partial charge in [0.25, 0.3) is 0 Å². The monoisotopic (exact) mass is 273 g/mol. The van der Waals surface area contributed by atoms with Gasteiger partial charge in [-0.1, -0.05) is 36.4 Å². The van der Waals surface area contributed by atoms with Crippen molar-refractivity contribution in [2.75, 3.05) is 19.7 Å². The highest BCUT2D eigenvalue weighted by Crippen LogP contribution is 2.15. The summed E-state index contributed by atoms with van der Waals surface area (Å²) in [6.07, 6.45) is 5.39. The van der Waals surface area contributed by atoms with Gasteiger partial charge in [0.2, 0.25) is 5.91 Å². The van der Waals surface area contributed by atoms with Crippen molar-refractivity contribution in [1.29, 1.82) is 0 Å². The first-order valence-corrected chi connectivity index (χ1v) is 7.34. The summed E-state index contributed by atoms with van der Waals surface area (Å²) < 4.78 is 5.66. The average molecular weight is 273 g/mol. The van der Waals surface area contributed by atoms with Gasteiger partial charge in [-0.05, 0) is 24.8 Å². The molecule has 3 nitrogen and oxygen atoms in total. The maximum absolute atomic E-state index is 12.2. The Morgan fingerprint density at radius 2 is 2.20 bits per heavy atom. The number of carbonyl (C=O) groups is 1. The highest BCUT2D eigenvalue weighted by atomic mass is 16.5. The Bertz CT molecular complexity index is 430. The minimum atomic E-state index is 0.169. The molecule has 1 aromatic rings. The molecule has 0 bridgehead atoms. The molecule has 0 saturated carbocycles. The molecule has 0 N–H and O–H groups in total. The first-order valence-electron chi connectivity index (χ1n) is 7.34. The maximum atomic E-state index is 12.2. The van der Waals surface area contributed by atoms with Crippen molar-refractivity contribution >= 4 is 5.91 Å². The van der Waals surface area contributed by atoms with Gasteiger partial charge in [0, 0.05) is 19.5 Å². The van der Waals surface area contributed by atoms with E-state index in [1.54, 1.807) is 6.08 Å². The summed E-state index contributed by atoms with van der Waals surface area (Å²) in [6, 6.07) is 10.2. The van der Waals surface area contributed by atoms with Crippen LogP contribution in [-0.2, 0) is 16.0 Å². The number of amides is 1. The summed E-state index contributed by atoms with van der Waals surface area (Å²) in [4.78, 5) is 14.2. The fourth-order valence-electron chi connectivity index (χ4n) is 2.56. The molecular formula is C17H23NO2. The van der Waals surface area contributed by atoms with Crippen molar-refractivity contribution < 1.29 is 9.53 Å². The van der Waals surface area contributed by atoms with E-state index >= 15 is 0 Å². The number of nitrogens with zero attached hydrogens (tertiary/aromatic N) is 1. The molecule has 1 amide bonds. The van der Waals surface area contributed by atoms with Gasteiger partial charge in [-0.25, -0.2) is 0 Å². The lowest BCUT2D eigenvalue weighted by atomic mass is 10.1. The number of piperidine rings is 1. The number of benzene rings is 1. The standard InChI is InChI=1S/C17H23NO2/c1-2-13-20-16-9-6-12-18(14-16)17(19)11-10-15-7-4-3-5-8-15/h2-5,7-8,16H,1,6,9-14H2/t16-/m1/s1. The van der Waals surface area contributed by atoms with Crippen molar-refractivity contribution in [2.45, 2.75) is 31.8 Å². The lowest BCUT2D eigenvalue weighted by Crippen LogP contribution is -2.43. The van der Waals surface area contributed by atoms with Crippen LogP contribution >= 0.6 is 0 Å². The van der Waals surface area contributed by atoms with E-state index in [1.807, 2.05) is 23.1 Å². The molecule has 1 heterocycles. The van der Waals surface area contributed by atoms with Gasteiger partial charge in [-0.15, -0.1) is 6.58 Å². The van der Waals surface area contributed by atoms with Crippen molar-refractivity contribution in [2.24, 2.45) is 0 Å². The molecule has 1 aliphatic heterocycles. The molecular weight excluding hydrogens is 250 g/mol. The molecule has 0 aliphatic carbocycles. The third-order valence-corrected chi connectivity index (χ3v) is 3.65. The molecule has 3 heteroatoms. The second-order valence-corrected chi connectivity index (χ2v) is 5.21. The topological polar surface area (TPSA) is 29.5 Å². The lowest BCUT2D eigenvalue weighted by Gasteiger charge is -2.32. The quantitative estimate of drug-likeness (QED) is 0.746. The maximum Gasteiger partial charge on any atom is 0.222 e. The van der Waals surface area contributed by atoms with Gasteiger partial charge in [-0.2, -0.15) is 0 Å². The zero-order chi connectivity index (χ0) is 14.2. The number of hydrogen-bond acceptors (Lipinski definition) is 2. The molecule has 1 atom stereocenters. The Morgan fingerprint density at radius 3 is 2.95 bits per heavy atom. The van der Waals surface area contributed by atoms with E-state index in [4.69, 9.17) is 4.74 Å². The predicted molar refractivity (Wildman–Crippen MR) is 80.5 cm³/mol. The fraction of sp³-hybridized carbons (Fsp3) is 0.471. The van der Waals surface area contributed by atoms with Crippen LogP contribution in [0.5, 0.6) is 0 Å². The van der Waals surface area contributed by atoms with E-state index in [0.717, 1.165) is 32.4 Å². The largest absolute Gasteiger partial charge is 0.372 e. The third-order valence-electron chi connectivity index (χ3n) is 3.65. The minimum Gasteiger partial charge on any atom is -0.372 e. The van der Waals surface area contributed by atoms with E-state index in [-0.39, 0.29) is 12.0 Å². The Morgan fingerprint density at radius 1 is 1.40 bits per heavy atom. The van der Waals surface area contributed by atoms with Crippen molar-refractivity contribution in [3.63, 3.8) is 0 Å². The average Bonchev–Trinajstić information content (AvgIpc) is 2.52. The Hall–Kier alpha value is -1.61. The van der Waals surface area contributed by atoms with Gasteiger partial charge in [0.05, 0.1) is 12.7 Å². The van der Waals surface area contributed by atoms with Crippen LogP contribution in [0.15, 0.2) is 43.0 Å². The summed E-state index contributed by atoms with van der Waals surface area (Å²) in [6.45, 7) is 5.81. The zero-order valence-electron chi connectivity index (χ0n) is 12.0. The van der Waals surface area contributed by atoms with Crippen LogP contribution in [0.2, 0.25) is 0 Å². The summed E-state index contributed by atoms with van der Waals surface area (Å²) in [5, 5.41) is 0. The summed E-state index contributed by atoms with van der Waals surface area (Å²) in [7, 11) is 0. The number of rotatable bonds is 6. The van der Waals surface area contributed by atoms with Crippen LogP contribution in [0, 0.1) is 0 Å². The molecule has 1 aromatic carbocycles. The van der Waals surface area contributed by atoms with Crippen molar-refractivity contribution in [3.05, 3.63) is 48.6 Å². The van der Waals surface area contributed by atoms with Crippen molar-refractivity contribution in [1.82, 2.24) is 4.90 Å². The molecule has 1 saturated heterocycles. The normalized spacial score (nSPS) is 18.8. The Labute approximate surface area is 121 Å². The van der Waals surface area contributed by atoms with Gasteiger partial charge in [0.15, 0.2) is 0 Å². The van der Waals surface area contributed by atoms with Crippen LogP contribution in [-0.4, -0.2) is 36.6 Å². The van der Waals surface area contributed by atoms with Crippen LogP contribution in [0.1, 0.15) is 24.8 Å². The summed E-state index contributed by atoms with van der Waals surface area (Å²) >= 11 is 0. The third kappa shape index (κ3) is 4.49. The SMILES string of the molecule is C=CCO[C@@H]1CCCN(C(=O)CCc2ccccc2)C1. The molecule has 0 aromatic heterocycles. The minimum absolute atomic E-state index is 0.169. The number of ether oxygens (including phenoxy) is 1. The summed E-state index contributed by atoms with van der Waals surface area (Å²) in [5.74, 6) is 0.237. The first kappa shape index (κ1) is 14.8. The fourth-order valence-corrected chi connectivity index (χ4v) is 2.56. The van der Waals surface area contributed by atoms with Gasteiger partial charge < -0.3 is 9.64 Å². The first-order chi connectivity index (χ1) is 9.79. The molecule has 1 fully saturated rings. The Kier molecular flexibility index (Phi) is 5.81. The molecule has 0 radical (unpaired) electrons. The second-order valence-electron chi connectivity index (χ2n) is 5.21. The molecule has 0 spiro atoms. The predicted octanol–water partition coefficient (Wildman–Crippen LogP) is 2.81. The van der Waals surface area contributed by atoms with Gasteiger partial charge in [0.1, 0.15) is 0 Å². The number of likely N-dealkylation sites (tertiary alicyclic amines) is 1. The van der Waals surface area contributed by atoms with E-state index in [2.05, 4.69) is 18.7 Å². The van der Waals surface area contributed by atoms with E-state index in [9.17, 15) is 4.79 Å². The number of aryl methyl sites for hydroxylation is 1. The summed E-state index contributed by atoms with van der Waals surface area (Å²) in [5.41, 5.74) is 1.22. The molecule has 2 rings (SSSR count).